The monoisotopic (exact) mass is 516 g/mol. The number of methoxy groups -OCH3 is 1. The highest BCUT2D eigenvalue weighted by atomic mass is 16.6. The van der Waals surface area contributed by atoms with E-state index in [0.29, 0.717) is 23.8 Å². The van der Waals surface area contributed by atoms with Crippen LogP contribution in [0.2, 0.25) is 0 Å². The lowest BCUT2D eigenvalue weighted by Crippen LogP contribution is -2.28. The van der Waals surface area contributed by atoms with Crippen LogP contribution in [0.3, 0.4) is 0 Å². The highest BCUT2D eigenvalue weighted by Gasteiger charge is 2.30. The maximum absolute atomic E-state index is 12.1. The van der Waals surface area contributed by atoms with E-state index in [-0.39, 0.29) is 24.8 Å². The second kappa shape index (κ2) is 10.8. The van der Waals surface area contributed by atoms with E-state index in [1.165, 1.54) is 6.33 Å². The summed E-state index contributed by atoms with van der Waals surface area (Å²) in [5, 5.41) is 0.717. The second-order valence-electron chi connectivity index (χ2n) is 10.3. The number of aromatic nitrogens is 2. The van der Waals surface area contributed by atoms with Crippen molar-refractivity contribution in [2.45, 2.75) is 57.8 Å². The van der Waals surface area contributed by atoms with E-state index < -0.39 is 5.60 Å². The van der Waals surface area contributed by atoms with Crippen molar-refractivity contribution >= 4 is 17.1 Å². The summed E-state index contributed by atoms with van der Waals surface area (Å²) < 4.78 is 29.2. The van der Waals surface area contributed by atoms with E-state index in [1.807, 2.05) is 75.4 Å². The van der Waals surface area contributed by atoms with Gasteiger partial charge in [0.2, 0.25) is 11.6 Å². The van der Waals surface area contributed by atoms with Crippen LogP contribution in [0.25, 0.3) is 33.6 Å². The fourth-order valence-electron chi connectivity index (χ4n) is 4.70. The van der Waals surface area contributed by atoms with Crippen LogP contribution in [0, 0.1) is 0 Å². The van der Waals surface area contributed by atoms with Crippen LogP contribution in [-0.4, -0.2) is 47.5 Å². The van der Waals surface area contributed by atoms with Crippen molar-refractivity contribution in [2.75, 3.05) is 13.7 Å². The lowest BCUT2D eigenvalue weighted by Gasteiger charge is -2.20. The van der Waals surface area contributed by atoms with Gasteiger partial charge < -0.3 is 23.4 Å². The van der Waals surface area contributed by atoms with Crippen LogP contribution in [0.15, 0.2) is 65.3 Å². The predicted molar refractivity (Wildman–Crippen MR) is 143 cm³/mol. The van der Waals surface area contributed by atoms with Crippen LogP contribution < -0.4 is 9.47 Å². The van der Waals surface area contributed by atoms with Gasteiger partial charge in [0.05, 0.1) is 13.2 Å². The third-order valence-electron chi connectivity index (χ3n) is 6.34. The van der Waals surface area contributed by atoms with Crippen molar-refractivity contribution in [3.63, 3.8) is 0 Å². The first-order valence-electron chi connectivity index (χ1n) is 12.8. The average Bonchev–Trinajstić information content (AvgIpc) is 3.52. The standard InChI is InChI=1S/C30H32N2O6/c1-30(2,3)38-24(33)17-35-22-14-15-23(16-22)36-28-26-25(19-10-12-21(34-4)13-11-19)27(20-8-6-5-7-9-20)37-29(26)32-18-31-28/h5-13,18,22-23H,14-17H2,1-4H3. The van der Waals surface area contributed by atoms with Gasteiger partial charge in [-0.3, -0.25) is 0 Å². The molecular weight excluding hydrogens is 484 g/mol. The Bertz CT molecular complexity index is 1390. The van der Waals surface area contributed by atoms with E-state index in [2.05, 4.69) is 9.97 Å². The Hall–Kier alpha value is -3.91. The molecule has 0 N–H and O–H groups in total. The summed E-state index contributed by atoms with van der Waals surface area (Å²) in [4.78, 5) is 21.0. The molecular formula is C30H32N2O6. The van der Waals surface area contributed by atoms with Crippen molar-refractivity contribution in [3.05, 3.63) is 60.9 Å². The molecule has 0 spiro atoms. The molecule has 1 aliphatic rings. The summed E-state index contributed by atoms with van der Waals surface area (Å²) in [7, 11) is 1.64. The first-order chi connectivity index (χ1) is 18.3. The molecule has 0 saturated heterocycles. The average molecular weight is 517 g/mol. The van der Waals surface area contributed by atoms with E-state index in [9.17, 15) is 4.79 Å². The number of esters is 1. The van der Waals surface area contributed by atoms with Gasteiger partial charge in [-0.05, 0) is 51.3 Å². The van der Waals surface area contributed by atoms with Crippen LogP contribution >= 0.6 is 0 Å². The molecule has 1 aliphatic carbocycles. The first kappa shape index (κ1) is 25.7. The highest BCUT2D eigenvalue weighted by molar-refractivity contribution is 6.03. The summed E-state index contributed by atoms with van der Waals surface area (Å²) in [6.07, 6.45) is 3.47. The third-order valence-corrected chi connectivity index (χ3v) is 6.34. The largest absolute Gasteiger partial charge is 0.497 e. The topological polar surface area (TPSA) is 92.9 Å². The van der Waals surface area contributed by atoms with Crippen LogP contribution in [0.4, 0.5) is 0 Å². The molecule has 0 aliphatic heterocycles. The van der Waals surface area contributed by atoms with Crippen molar-refractivity contribution in [1.82, 2.24) is 9.97 Å². The highest BCUT2D eigenvalue weighted by Crippen LogP contribution is 2.44. The zero-order valence-electron chi connectivity index (χ0n) is 22.1. The Morgan fingerprint density at radius 2 is 1.71 bits per heavy atom. The number of benzene rings is 2. The number of fused-ring (bicyclic) bond motifs is 1. The number of carbonyl (C=O) groups is 1. The Labute approximate surface area is 221 Å². The van der Waals surface area contributed by atoms with Crippen molar-refractivity contribution in [2.24, 2.45) is 0 Å². The second-order valence-corrected chi connectivity index (χ2v) is 10.3. The summed E-state index contributed by atoms with van der Waals surface area (Å²) in [6, 6.07) is 17.7. The molecule has 2 aromatic carbocycles. The lowest BCUT2D eigenvalue weighted by molar-refractivity contribution is -0.162. The normalized spacial score (nSPS) is 17.5. The van der Waals surface area contributed by atoms with Gasteiger partial charge in [0.15, 0.2) is 0 Å². The molecule has 0 radical (unpaired) electrons. The summed E-state index contributed by atoms with van der Waals surface area (Å²) in [6.45, 7) is 5.44. The maximum atomic E-state index is 12.1. The van der Waals surface area contributed by atoms with Crippen molar-refractivity contribution in [3.8, 4) is 34.1 Å². The molecule has 0 amide bonds. The van der Waals surface area contributed by atoms with Gasteiger partial charge in [0, 0.05) is 17.5 Å². The van der Waals surface area contributed by atoms with Crippen LogP contribution in [0.5, 0.6) is 11.6 Å². The zero-order valence-corrected chi connectivity index (χ0v) is 22.1. The fourth-order valence-corrected chi connectivity index (χ4v) is 4.70. The quantitative estimate of drug-likeness (QED) is 0.255. The lowest BCUT2D eigenvalue weighted by atomic mass is 9.99. The van der Waals surface area contributed by atoms with Gasteiger partial charge >= 0.3 is 5.97 Å². The molecule has 1 saturated carbocycles. The number of hydrogen-bond acceptors (Lipinski definition) is 8. The molecule has 0 bridgehead atoms. The smallest absolute Gasteiger partial charge is 0.332 e. The molecule has 2 aromatic heterocycles. The van der Waals surface area contributed by atoms with Gasteiger partial charge in [-0.2, -0.15) is 0 Å². The molecule has 1 fully saturated rings. The minimum atomic E-state index is -0.537. The molecule has 2 heterocycles. The summed E-state index contributed by atoms with van der Waals surface area (Å²) in [5.74, 6) is 1.56. The van der Waals surface area contributed by atoms with Gasteiger partial charge in [-0.1, -0.05) is 42.5 Å². The van der Waals surface area contributed by atoms with Gasteiger partial charge in [-0.25, -0.2) is 14.8 Å². The van der Waals surface area contributed by atoms with E-state index in [4.69, 9.17) is 23.4 Å². The van der Waals surface area contributed by atoms with Gasteiger partial charge in [-0.15, -0.1) is 0 Å². The van der Waals surface area contributed by atoms with E-state index >= 15 is 0 Å². The van der Waals surface area contributed by atoms with E-state index in [0.717, 1.165) is 40.7 Å². The molecule has 5 rings (SSSR count). The maximum Gasteiger partial charge on any atom is 0.332 e. The molecule has 8 nitrogen and oxygen atoms in total. The van der Waals surface area contributed by atoms with E-state index in [1.54, 1.807) is 7.11 Å². The molecule has 198 valence electrons. The molecule has 38 heavy (non-hydrogen) atoms. The summed E-state index contributed by atoms with van der Waals surface area (Å²) in [5.41, 5.74) is 2.65. The Kier molecular flexibility index (Phi) is 7.33. The van der Waals surface area contributed by atoms with Crippen LogP contribution in [-0.2, 0) is 14.3 Å². The van der Waals surface area contributed by atoms with Crippen molar-refractivity contribution < 1.29 is 28.2 Å². The number of furan rings is 1. The molecule has 4 aromatic rings. The number of rotatable bonds is 8. The Balaban J connectivity index is 1.42. The number of ether oxygens (including phenoxy) is 4. The molecule has 8 heteroatoms. The zero-order chi connectivity index (χ0) is 26.7. The Morgan fingerprint density at radius 3 is 2.42 bits per heavy atom. The predicted octanol–water partition coefficient (Wildman–Crippen LogP) is 6.22. The van der Waals surface area contributed by atoms with Crippen LogP contribution in [0.1, 0.15) is 40.0 Å². The first-order valence-corrected chi connectivity index (χ1v) is 12.8. The minimum Gasteiger partial charge on any atom is -0.497 e. The number of nitrogens with zero attached hydrogens (tertiary/aromatic N) is 2. The third kappa shape index (κ3) is 5.81. The molecule has 2 unspecified atom stereocenters. The fraction of sp³-hybridized carbons (Fsp3) is 0.367. The number of hydrogen-bond donors (Lipinski definition) is 0. The summed E-state index contributed by atoms with van der Waals surface area (Å²) >= 11 is 0. The van der Waals surface area contributed by atoms with Gasteiger partial charge in [0.25, 0.3) is 0 Å². The Morgan fingerprint density at radius 1 is 0.974 bits per heavy atom. The van der Waals surface area contributed by atoms with Gasteiger partial charge in [0.1, 0.15) is 41.5 Å². The molecule has 2 atom stereocenters. The van der Waals surface area contributed by atoms with Crippen molar-refractivity contribution in [1.29, 1.82) is 0 Å². The number of carbonyl (C=O) groups excluding carboxylic acids is 1. The minimum absolute atomic E-state index is 0.0732. The SMILES string of the molecule is COc1ccc(-c2c(-c3ccccc3)oc3ncnc(OC4CCC(OCC(=O)OC(C)(C)C)C4)c23)cc1.